The van der Waals surface area contributed by atoms with Gasteiger partial charge in [-0.2, -0.15) is 0 Å². The summed E-state index contributed by atoms with van der Waals surface area (Å²) in [5, 5.41) is 0. The van der Waals surface area contributed by atoms with Gasteiger partial charge in [0, 0.05) is 25.2 Å². The Morgan fingerprint density at radius 2 is 1.21 bits per heavy atom. The molecule has 0 spiro atoms. The van der Waals surface area contributed by atoms with E-state index in [0.717, 1.165) is 38.5 Å². The van der Waals surface area contributed by atoms with Crippen LogP contribution in [0.15, 0.2) is 60.7 Å². The van der Waals surface area contributed by atoms with Crippen molar-refractivity contribution < 1.29 is 9.59 Å². The Morgan fingerprint density at radius 3 is 1.93 bits per heavy atom. The monoisotopic (exact) mass is 376 g/mol. The molecule has 0 radical (unpaired) electrons. The van der Waals surface area contributed by atoms with Gasteiger partial charge in [0.05, 0.1) is 0 Å². The highest BCUT2D eigenvalue weighted by molar-refractivity contribution is 5.85. The lowest BCUT2D eigenvalue weighted by molar-refractivity contribution is -0.120. The zero-order chi connectivity index (χ0) is 19.6. The molecule has 0 N–H and O–H groups in total. The minimum atomic E-state index is 0.179. The molecule has 148 valence electrons. The smallest absolute Gasteiger partial charge is 0.140 e. The fourth-order valence-electron chi connectivity index (χ4n) is 4.40. The SMILES string of the molecule is O=C1CCCCC(c2ccccc2)C1.O=C1CCCCCC1c1ccccc1. The van der Waals surface area contributed by atoms with Crippen LogP contribution < -0.4 is 0 Å². The van der Waals surface area contributed by atoms with E-state index in [1.54, 1.807) is 0 Å². The van der Waals surface area contributed by atoms with Crippen LogP contribution in [-0.4, -0.2) is 11.6 Å². The molecule has 0 saturated heterocycles. The largest absolute Gasteiger partial charge is 0.300 e. The number of hydrogen-bond acceptors (Lipinski definition) is 2. The molecule has 0 amide bonds. The third-order valence-electron chi connectivity index (χ3n) is 6.01. The van der Waals surface area contributed by atoms with Gasteiger partial charge < -0.3 is 0 Å². The van der Waals surface area contributed by atoms with Crippen LogP contribution in [0.2, 0.25) is 0 Å². The standard InChI is InChI=1S/2C13H16O/c14-13-10-6-2-5-9-12(13)11-7-3-1-4-8-11;14-13-9-5-4-8-12(10-13)11-6-2-1-3-7-11/h1,3-4,7-8,12H,2,5-6,9-10H2;1-3,6-7,12H,4-5,8-10H2. The van der Waals surface area contributed by atoms with Crippen molar-refractivity contribution in [3.63, 3.8) is 0 Å². The molecule has 0 bridgehead atoms. The highest BCUT2D eigenvalue weighted by atomic mass is 16.1. The maximum atomic E-state index is 11.8. The average Bonchev–Trinajstić information content (AvgIpc) is 3.09. The van der Waals surface area contributed by atoms with Gasteiger partial charge in [0.25, 0.3) is 0 Å². The molecule has 2 atom stereocenters. The predicted octanol–water partition coefficient (Wildman–Crippen LogP) is 6.61. The predicted molar refractivity (Wildman–Crippen MR) is 115 cm³/mol. The van der Waals surface area contributed by atoms with Crippen molar-refractivity contribution in [1.29, 1.82) is 0 Å². The zero-order valence-electron chi connectivity index (χ0n) is 16.8. The van der Waals surface area contributed by atoms with Crippen molar-refractivity contribution >= 4 is 11.6 Å². The van der Waals surface area contributed by atoms with Crippen LogP contribution >= 0.6 is 0 Å². The topological polar surface area (TPSA) is 34.1 Å². The summed E-state index contributed by atoms with van der Waals surface area (Å²) in [6.45, 7) is 0. The van der Waals surface area contributed by atoms with Gasteiger partial charge in [0.1, 0.15) is 11.6 Å². The molecule has 2 unspecified atom stereocenters. The average molecular weight is 377 g/mol. The summed E-state index contributed by atoms with van der Waals surface area (Å²) in [6, 6.07) is 20.6. The zero-order valence-corrected chi connectivity index (χ0v) is 16.8. The first-order chi connectivity index (χ1) is 13.7. The summed E-state index contributed by atoms with van der Waals surface area (Å²) >= 11 is 0. The molecular weight excluding hydrogens is 344 g/mol. The van der Waals surface area contributed by atoms with Gasteiger partial charge in [-0.1, -0.05) is 79.9 Å². The van der Waals surface area contributed by atoms with E-state index in [9.17, 15) is 9.59 Å². The molecule has 2 heteroatoms. The minimum Gasteiger partial charge on any atom is -0.300 e. The van der Waals surface area contributed by atoms with E-state index in [1.165, 1.54) is 36.8 Å². The second-order valence-electron chi connectivity index (χ2n) is 8.13. The molecule has 2 fully saturated rings. The summed E-state index contributed by atoms with van der Waals surface area (Å²) in [4.78, 5) is 23.3. The van der Waals surface area contributed by atoms with Crippen molar-refractivity contribution in [2.45, 2.75) is 76.0 Å². The number of carbonyl (C=O) groups excluding carboxylic acids is 2. The van der Waals surface area contributed by atoms with Gasteiger partial charge in [-0.3, -0.25) is 9.59 Å². The molecule has 0 aliphatic heterocycles. The second kappa shape index (κ2) is 10.9. The lowest BCUT2D eigenvalue weighted by Gasteiger charge is -2.12. The molecule has 2 nitrogen and oxygen atoms in total. The highest BCUT2D eigenvalue weighted by Gasteiger charge is 2.21. The molecule has 28 heavy (non-hydrogen) atoms. The number of Topliss-reactive ketones (excluding diaryl/α,β-unsaturated/α-hetero) is 2. The molecule has 0 aromatic heterocycles. The van der Waals surface area contributed by atoms with E-state index in [-0.39, 0.29) is 5.92 Å². The van der Waals surface area contributed by atoms with Crippen molar-refractivity contribution in [3.8, 4) is 0 Å². The Bertz CT molecular complexity index is 736. The maximum absolute atomic E-state index is 11.8. The normalized spacial score (nSPS) is 23.1. The van der Waals surface area contributed by atoms with Gasteiger partial charge in [-0.25, -0.2) is 0 Å². The molecule has 2 aliphatic rings. The van der Waals surface area contributed by atoms with Crippen molar-refractivity contribution in [3.05, 3.63) is 71.8 Å². The molecular formula is C26H32O2. The van der Waals surface area contributed by atoms with Crippen LogP contribution in [0.25, 0.3) is 0 Å². The van der Waals surface area contributed by atoms with E-state index < -0.39 is 0 Å². The lowest BCUT2D eigenvalue weighted by atomic mass is 9.91. The fraction of sp³-hybridized carbons (Fsp3) is 0.462. The quantitative estimate of drug-likeness (QED) is 0.553. The van der Waals surface area contributed by atoms with Gasteiger partial charge in [0.2, 0.25) is 0 Å². The Hall–Kier alpha value is -2.22. The number of hydrogen-bond donors (Lipinski definition) is 0. The van der Waals surface area contributed by atoms with Crippen LogP contribution in [0, 0.1) is 0 Å². The lowest BCUT2D eigenvalue weighted by Crippen LogP contribution is -2.09. The molecule has 2 aromatic carbocycles. The fourth-order valence-corrected chi connectivity index (χ4v) is 4.40. The molecule has 4 rings (SSSR count). The third-order valence-corrected chi connectivity index (χ3v) is 6.01. The summed E-state index contributed by atoms with van der Waals surface area (Å²) in [5.41, 5.74) is 2.54. The van der Waals surface area contributed by atoms with Crippen LogP contribution in [0.1, 0.15) is 87.2 Å². The minimum absolute atomic E-state index is 0.179. The molecule has 0 heterocycles. The van der Waals surface area contributed by atoms with Gasteiger partial charge >= 0.3 is 0 Å². The Balaban J connectivity index is 0.000000161. The number of ketones is 2. The van der Waals surface area contributed by atoms with E-state index in [4.69, 9.17) is 0 Å². The van der Waals surface area contributed by atoms with Gasteiger partial charge in [-0.15, -0.1) is 0 Å². The van der Waals surface area contributed by atoms with Crippen molar-refractivity contribution in [2.75, 3.05) is 0 Å². The second-order valence-corrected chi connectivity index (χ2v) is 8.13. The van der Waals surface area contributed by atoms with Crippen molar-refractivity contribution in [1.82, 2.24) is 0 Å². The van der Waals surface area contributed by atoms with Crippen LogP contribution in [-0.2, 0) is 9.59 Å². The summed E-state index contributed by atoms with van der Waals surface area (Å²) in [7, 11) is 0. The highest BCUT2D eigenvalue weighted by Crippen LogP contribution is 2.30. The molecule has 2 aromatic rings. The van der Waals surface area contributed by atoms with E-state index >= 15 is 0 Å². The Kier molecular flexibility index (Phi) is 8.02. The number of carbonyl (C=O) groups is 2. The van der Waals surface area contributed by atoms with Crippen molar-refractivity contribution in [2.24, 2.45) is 0 Å². The van der Waals surface area contributed by atoms with E-state index in [0.29, 0.717) is 17.5 Å². The number of benzene rings is 2. The Morgan fingerprint density at radius 1 is 0.607 bits per heavy atom. The first-order valence-electron chi connectivity index (χ1n) is 10.9. The summed E-state index contributed by atoms with van der Waals surface area (Å²) in [5.74, 6) is 1.54. The number of rotatable bonds is 2. The van der Waals surface area contributed by atoms with Gasteiger partial charge in [0.15, 0.2) is 0 Å². The molecule has 2 aliphatic carbocycles. The first-order valence-corrected chi connectivity index (χ1v) is 10.9. The van der Waals surface area contributed by atoms with Gasteiger partial charge in [-0.05, 0) is 42.7 Å². The summed E-state index contributed by atoms with van der Waals surface area (Å²) in [6.07, 6.45) is 10.3. The van der Waals surface area contributed by atoms with E-state index in [1.807, 2.05) is 24.3 Å². The Labute approximate surface area is 169 Å². The first kappa shape index (κ1) is 20.5. The van der Waals surface area contributed by atoms with Crippen LogP contribution in [0.5, 0.6) is 0 Å². The van der Waals surface area contributed by atoms with E-state index in [2.05, 4.69) is 36.4 Å². The molecule has 2 saturated carbocycles. The summed E-state index contributed by atoms with van der Waals surface area (Å²) < 4.78 is 0. The van der Waals surface area contributed by atoms with Crippen LogP contribution in [0.4, 0.5) is 0 Å². The van der Waals surface area contributed by atoms with Crippen LogP contribution in [0.3, 0.4) is 0 Å². The maximum Gasteiger partial charge on any atom is 0.140 e. The third kappa shape index (κ3) is 6.15.